The molecule has 1 aliphatic rings. The van der Waals surface area contributed by atoms with Gasteiger partial charge < -0.3 is 5.32 Å². The fourth-order valence-corrected chi connectivity index (χ4v) is 3.37. The molecular weight excluding hydrogens is 258 g/mol. The number of carbonyl (C=O) groups excluding carboxylic acids is 1. The zero-order chi connectivity index (χ0) is 14.8. The summed E-state index contributed by atoms with van der Waals surface area (Å²) in [5.41, 5.74) is 0.763. The van der Waals surface area contributed by atoms with Gasteiger partial charge in [0, 0.05) is 11.6 Å². The van der Waals surface area contributed by atoms with Crippen molar-refractivity contribution in [2.24, 2.45) is 11.8 Å². The van der Waals surface area contributed by atoms with Gasteiger partial charge in [0.1, 0.15) is 0 Å². The summed E-state index contributed by atoms with van der Waals surface area (Å²) in [4.78, 5) is 12.5. The molecule has 0 unspecified atom stereocenters. The minimum Gasteiger partial charge on any atom is -0.349 e. The van der Waals surface area contributed by atoms with Gasteiger partial charge in [-0.1, -0.05) is 57.0 Å². The van der Waals surface area contributed by atoms with Crippen LogP contribution in [0.15, 0.2) is 42.5 Å². The lowest BCUT2D eigenvalue weighted by Gasteiger charge is -2.34. The minimum atomic E-state index is 0.0618. The first kappa shape index (κ1) is 14.1. The zero-order valence-corrected chi connectivity index (χ0v) is 12.8. The molecule has 3 atom stereocenters. The zero-order valence-electron chi connectivity index (χ0n) is 12.8. The summed E-state index contributed by atoms with van der Waals surface area (Å²) in [5.74, 6) is 1.32. The maximum absolute atomic E-state index is 12.5. The monoisotopic (exact) mass is 281 g/mol. The molecule has 0 heterocycles. The number of rotatable bonds is 2. The van der Waals surface area contributed by atoms with E-state index >= 15 is 0 Å². The van der Waals surface area contributed by atoms with Crippen molar-refractivity contribution in [2.75, 3.05) is 0 Å². The second kappa shape index (κ2) is 5.88. The van der Waals surface area contributed by atoms with Gasteiger partial charge in [-0.3, -0.25) is 4.79 Å². The van der Waals surface area contributed by atoms with Crippen molar-refractivity contribution >= 4 is 16.7 Å². The quantitative estimate of drug-likeness (QED) is 0.868. The Morgan fingerprint density at radius 1 is 1.05 bits per heavy atom. The van der Waals surface area contributed by atoms with E-state index in [1.54, 1.807) is 0 Å². The largest absolute Gasteiger partial charge is 0.349 e. The minimum absolute atomic E-state index is 0.0618. The van der Waals surface area contributed by atoms with Crippen LogP contribution in [0.2, 0.25) is 0 Å². The standard InChI is InChI=1S/C19H23NO/c1-13-6-5-9-18(14(13)2)20-19(21)17-11-10-15-7-3-4-8-16(15)12-17/h3-4,7-8,10-14,18H,5-6,9H2,1-2H3,(H,20,21)/t13-,14+,18+/m0/s1. The Kier molecular flexibility index (Phi) is 3.96. The van der Waals surface area contributed by atoms with Crippen LogP contribution in [0.4, 0.5) is 0 Å². The van der Waals surface area contributed by atoms with Crippen molar-refractivity contribution < 1.29 is 4.79 Å². The number of hydrogen-bond acceptors (Lipinski definition) is 1. The highest BCUT2D eigenvalue weighted by molar-refractivity contribution is 5.98. The highest BCUT2D eigenvalue weighted by Crippen LogP contribution is 2.29. The molecule has 0 saturated heterocycles. The topological polar surface area (TPSA) is 29.1 Å². The Morgan fingerprint density at radius 2 is 1.81 bits per heavy atom. The molecule has 2 aromatic rings. The second-order valence-corrected chi connectivity index (χ2v) is 6.41. The molecule has 1 aliphatic carbocycles. The van der Waals surface area contributed by atoms with Gasteiger partial charge in [0.15, 0.2) is 0 Å². The average Bonchev–Trinajstić information content (AvgIpc) is 2.51. The summed E-state index contributed by atoms with van der Waals surface area (Å²) < 4.78 is 0. The van der Waals surface area contributed by atoms with Gasteiger partial charge in [-0.05, 0) is 41.2 Å². The van der Waals surface area contributed by atoms with E-state index in [1.165, 1.54) is 18.2 Å². The molecular formula is C19H23NO. The van der Waals surface area contributed by atoms with Gasteiger partial charge in [-0.15, -0.1) is 0 Å². The van der Waals surface area contributed by atoms with Crippen LogP contribution in [0.25, 0.3) is 10.8 Å². The number of amides is 1. The predicted molar refractivity (Wildman–Crippen MR) is 87.4 cm³/mol. The summed E-state index contributed by atoms with van der Waals surface area (Å²) in [7, 11) is 0. The summed E-state index contributed by atoms with van der Waals surface area (Å²) in [6.45, 7) is 4.55. The molecule has 2 heteroatoms. The third kappa shape index (κ3) is 2.94. The summed E-state index contributed by atoms with van der Waals surface area (Å²) in [5, 5.41) is 5.54. The average molecular weight is 281 g/mol. The molecule has 0 aliphatic heterocycles. The van der Waals surface area contributed by atoms with E-state index in [0.717, 1.165) is 17.4 Å². The highest BCUT2D eigenvalue weighted by atomic mass is 16.1. The van der Waals surface area contributed by atoms with Crippen LogP contribution in [0.5, 0.6) is 0 Å². The smallest absolute Gasteiger partial charge is 0.251 e. The van der Waals surface area contributed by atoms with Crippen LogP contribution in [0.1, 0.15) is 43.5 Å². The van der Waals surface area contributed by atoms with Crippen LogP contribution in [-0.4, -0.2) is 11.9 Å². The number of carbonyl (C=O) groups is 1. The SMILES string of the molecule is C[C@@H]1[C@@H](C)CCC[C@H]1NC(=O)c1ccc2ccccc2c1. The molecule has 3 rings (SSSR count). The van der Waals surface area contributed by atoms with Crippen molar-refractivity contribution in [3.63, 3.8) is 0 Å². The normalized spacial score (nSPS) is 25.7. The van der Waals surface area contributed by atoms with Gasteiger partial charge in [0.2, 0.25) is 0 Å². The third-order valence-corrected chi connectivity index (χ3v) is 5.03. The predicted octanol–water partition coefficient (Wildman–Crippen LogP) is 4.39. The van der Waals surface area contributed by atoms with Crippen LogP contribution in [-0.2, 0) is 0 Å². The lowest BCUT2D eigenvalue weighted by molar-refractivity contribution is 0.0891. The fourth-order valence-electron chi connectivity index (χ4n) is 3.37. The maximum Gasteiger partial charge on any atom is 0.251 e. The molecule has 2 aromatic carbocycles. The fraction of sp³-hybridized carbons (Fsp3) is 0.421. The molecule has 21 heavy (non-hydrogen) atoms. The lowest BCUT2D eigenvalue weighted by atomic mass is 9.78. The van der Waals surface area contributed by atoms with Gasteiger partial charge in [-0.25, -0.2) is 0 Å². The molecule has 0 aromatic heterocycles. The summed E-state index contributed by atoms with van der Waals surface area (Å²) in [6.07, 6.45) is 3.60. The van der Waals surface area contributed by atoms with Crippen molar-refractivity contribution in [2.45, 2.75) is 39.2 Å². The van der Waals surface area contributed by atoms with Gasteiger partial charge in [0.25, 0.3) is 5.91 Å². The van der Waals surface area contributed by atoms with Crippen LogP contribution in [0.3, 0.4) is 0 Å². The molecule has 1 amide bonds. The Hall–Kier alpha value is -1.83. The number of hydrogen-bond donors (Lipinski definition) is 1. The number of nitrogens with one attached hydrogen (secondary N) is 1. The van der Waals surface area contributed by atoms with E-state index in [2.05, 4.69) is 31.3 Å². The summed E-state index contributed by atoms with van der Waals surface area (Å²) >= 11 is 0. The first-order valence-electron chi connectivity index (χ1n) is 7.95. The van der Waals surface area contributed by atoms with Crippen LogP contribution >= 0.6 is 0 Å². The number of benzene rings is 2. The van der Waals surface area contributed by atoms with Gasteiger partial charge >= 0.3 is 0 Å². The van der Waals surface area contributed by atoms with Gasteiger partial charge in [0.05, 0.1) is 0 Å². The van der Waals surface area contributed by atoms with Crippen molar-refractivity contribution in [1.82, 2.24) is 5.32 Å². The van der Waals surface area contributed by atoms with E-state index in [0.29, 0.717) is 17.9 Å². The highest BCUT2D eigenvalue weighted by Gasteiger charge is 2.28. The van der Waals surface area contributed by atoms with E-state index in [-0.39, 0.29) is 5.91 Å². The Morgan fingerprint density at radius 3 is 2.62 bits per heavy atom. The molecule has 2 nitrogen and oxygen atoms in total. The van der Waals surface area contributed by atoms with Gasteiger partial charge in [-0.2, -0.15) is 0 Å². The number of fused-ring (bicyclic) bond motifs is 1. The van der Waals surface area contributed by atoms with E-state index in [9.17, 15) is 4.79 Å². The molecule has 0 radical (unpaired) electrons. The van der Waals surface area contributed by atoms with Crippen LogP contribution in [0, 0.1) is 11.8 Å². The molecule has 0 bridgehead atoms. The van der Waals surface area contributed by atoms with Crippen molar-refractivity contribution in [3.8, 4) is 0 Å². The molecule has 1 fully saturated rings. The lowest BCUT2D eigenvalue weighted by Crippen LogP contribution is -2.43. The summed E-state index contributed by atoms with van der Waals surface area (Å²) in [6, 6.07) is 14.4. The van der Waals surface area contributed by atoms with Crippen molar-refractivity contribution in [3.05, 3.63) is 48.0 Å². The first-order valence-corrected chi connectivity index (χ1v) is 7.95. The molecule has 1 saturated carbocycles. The first-order chi connectivity index (χ1) is 10.1. The second-order valence-electron chi connectivity index (χ2n) is 6.41. The maximum atomic E-state index is 12.5. The van der Waals surface area contributed by atoms with Crippen LogP contribution < -0.4 is 5.32 Å². The Labute approximate surface area is 126 Å². The molecule has 0 spiro atoms. The van der Waals surface area contributed by atoms with E-state index < -0.39 is 0 Å². The molecule has 1 N–H and O–H groups in total. The Bertz CT molecular complexity index is 649. The van der Waals surface area contributed by atoms with E-state index in [4.69, 9.17) is 0 Å². The third-order valence-electron chi connectivity index (χ3n) is 5.03. The van der Waals surface area contributed by atoms with Crippen molar-refractivity contribution in [1.29, 1.82) is 0 Å². The Balaban J connectivity index is 1.77. The molecule has 110 valence electrons. The van der Waals surface area contributed by atoms with E-state index in [1.807, 2.05) is 30.3 Å².